The van der Waals surface area contributed by atoms with Gasteiger partial charge in [-0.2, -0.15) is 13.2 Å². The number of hydrogen-bond donors (Lipinski definition) is 1. The molecule has 0 amide bonds. The standard InChI is InChI=1S/C14H7BrF7NO3S/c15-7-1-4-12(11(5-7)26-14(20,21)22)27(24,25)23-8-2-3-10(16)9(6-8)13(17,18)19/h1-6,23H. The molecule has 4 nitrogen and oxygen atoms in total. The third kappa shape index (κ3) is 5.48. The Balaban J connectivity index is 2.46. The highest BCUT2D eigenvalue weighted by atomic mass is 79.9. The van der Waals surface area contributed by atoms with E-state index in [-0.39, 0.29) is 10.5 Å². The van der Waals surface area contributed by atoms with E-state index in [2.05, 4.69) is 20.7 Å². The predicted molar refractivity (Wildman–Crippen MR) is 83.0 cm³/mol. The summed E-state index contributed by atoms with van der Waals surface area (Å²) in [5, 5.41) is 0. The van der Waals surface area contributed by atoms with Gasteiger partial charge in [0.05, 0.1) is 5.56 Å². The first-order chi connectivity index (χ1) is 12.2. The normalized spacial score (nSPS) is 12.7. The highest BCUT2D eigenvalue weighted by Crippen LogP contribution is 2.35. The fourth-order valence-electron chi connectivity index (χ4n) is 1.92. The zero-order chi connectivity index (χ0) is 20.6. The molecule has 0 radical (unpaired) electrons. The van der Waals surface area contributed by atoms with Crippen molar-refractivity contribution in [2.24, 2.45) is 0 Å². The van der Waals surface area contributed by atoms with Crippen LogP contribution in [-0.2, 0) is 16.2 Å². The average Bonchev–Trinajstić information content (AvgIpc) is 2.46. The topological polar surface area (TPSA) is 55.4 Å². The summed E-state index contributed by atoms with van der Waals surface area (Å²) in [5.41, 5.74) is -2.45. The molecule has 0 fully saturated rings. The number of benzene rings is 2. The summed E-state index contributed by atoms with van der Waals surface area (Å²) < 4.78 is 119. The highest BCUT2D eigenvalue weighted by molar-refractivity contribution is 9.10. The molecule has 148 valence electrons. The molecule has 2 rings (SSSR count). The highest BCUT2D eigenvalue weighted by Gasteiger charge is 2.36. The van der Waals surface area contributed by atoms with Crippen LogP contribution < -0.4 is 9.46 Å². The number of sulfonamides is 1. The van der Waals surface area contributed by atoms with Crippen molar-refractivity contribution >= 4 is 31.6 Å². The van der Waals surface area contributed by atoms with Crippen LogP contribution in [0.3, 0.4) is 0 Å². The molecule has 0 saturated carbocycles. The number of hydrogen-bond acceptors (Lipinski definition) is 3. The first-order valence-electron chi connectivity index (χ1n) is 6.64. The van der Waals surface area contributed by atoms with Crippen molar-refractivity contribution in [3.63, 3.8) is 0 Å². The van der Waals surface area contributed by atoms with Crippen molar-refractivity contribution < 1.29 is 43.9 Å². The lowest BCUT2D eigenvalue weighted by Crippen LogP contribution is -2.21. The van der Waals surface area contributed by atoms with E-state index in [1.165, 1.54) is 0 Å². The van der Waals surface area contributed by atoms with E-state index in [9.17, 15) is 39.2 Å². The number of halogens is 8. The Bertz CT molecular complexity index is 958. The maximum atomic E-state index is 13.3. The minimum atomic E-state index is -5.22. The smallest absolute Gasteiger partial charge is 0.404 e. The Morgan fingerprint density at radius 3 is 2.15 bits per heavy atom. The van der Waals surface area contributed by atoms with E-state index in [1.807, 2.05) is 0 Å². The van der Waals surface area contributed by atoms with E-state index in [0.29, 0.717) is 18.2 Å². The predicted octanol–water partition coefficient (Wildman–Crippen LogP) is 5.31. The van der Waals surface area contributed by atoms with Crippen molar-refractivity contribution in [2.45, 2.75) is 17.4 Å². The summed E-state index contributed by atoms with van der Waals surface area (Å²) in [6.07, 6.45) is -10.3. The summed E-state index contributed by atoms with van der Waals surface area (Å²) in [5.74, 6) is -2.75. The Labute approximate surface area is 156 Å². The number of alkyl halides is 6. The summed E-state index contributed by atoms with van der Waals surface area (Å²) in [7, 11) is -4.79. The Hall–Kier alpha value is -2.02. The van der Waals surface area contributed by atoms with Crippen molar-refractivity contribution in [3.05, 3.63) is 52.3 Å². The van der Waals surface area contributed by atoms with Crippen LogP contribution in [0, 0.1) is 5.82 Å². The quantitative estimate of drug-likeness (QED) is 0.602. The zero-order valence-corrected chi connectivity index (χ0v) is 15.0. The van der Waals surface area contributed by atoms with Gasteiger partial charge in [0, 0.05) is 10.2 Å². The second-order valence-electron chi connectivity index (χ2n) is 4.94. The van der Waals surface area contributed by atoms with Crippen LogP contribution in [0.5, 0.6) is 5.75 Å². The average molecular weight is 482 g/mol. The van der Waals surface area contributed by atoms with Gasteiger partial charge >= 0.3 is 12.5 Å². The molecule has 0 aromatic heterocycles. The molecule has 0 spiro atoms. The molecule has 0 unspecified atom stereocenters. The summed E-state index contributed by atoms with van der Waals surface area (Å²) >= 11 is 2.85. The van der Waals surface area contributed by atoms with Gasteiger partial charge in [-0.1, -0.05) is 15.9 Å². The zero-order valence-electron chi connectivity index (χ0n) is 12.6. The minimum Gasteiger partial charge on any atom is -0.404 e. The summed E-state index contributed by atoms with van der Waals surface area (Å²) in [6.45, 7) is 0. The number of rotatable bonds is 4. The molecule has 2 aromatic rings. The van der Waals surface area contributed by atoms with Gasteiger partial charge in [0.15, 0.2) is 5.75 Å². The van der Waals surface area contributed by atoms with E-state index < -0.39 is 50.3 Å². The Kier molecular flexibility index (Phi) is 5.66. The molecule has 2 aromatic carbocycles. The number of anilines is 1. The van der Waals surface area contributed by atoms with Crippen molar-refractivity contribution in [1.29, 1.82) is 0 Å². The van der Waals surface area contributed by atoms with Crippen LogP contribution in [0.15, 0.2) is 45.8 Å². The molecule has 27 heavy (non-hydrogen) atoms. The number of nitrogens with one attached hydrogen (secondary N) is 1. The molecular weight excluding hydrogens is 475 g/mol. The van der Waals surface area contributed by atoms with Gasteiger partial charge in [0.2, 0.25) is 0 Å². The van der Waals surface area contributed by atoms with Crippen LogP contribution in [0.2, 0.25) is 0 Å². The minimum absolute atomic E-state index is 0.0573. The van der Waals surface area contributed by atoms with Crippen LogP contribution in [0.4, 0.5) is 36.4 Å². The van der Waals surface area contributed by atoms with Gasteiger partial charge in [-0.25, -0.2) is 12.8 Å². The SMILES string of the molecule is O=S(=O)(Nc1ccc(F)c(C(F)(F)F)c1)c1ccc(Br)cc1OC(F)(F)F. The monoisotopic (exact) mass is 481 g/mol. The van der Waals surface area contributed by atoms with Crippen LogP contribution >= 0.6 is 15.9 Å². The van der Waals surface area contributed by atoms with Crippen molar-refractivity contribution in [1.82, 2.24) is 0 Å². The third-order valence-electron chi connectivity index (χ3n) is 2.94. The van der Waals surface area contributed by atoms with Gasteiger partial charge in [-0.05, 0) is 36.4 Å². The molecule has 0 saturated heterocycles. The van der Waals surface area contributed by atoms with Crippen LogP contribution in [0.1, 0.15) is 5.56 Å². The fourth-order valence-corrected chi connectivity index (χ4v) is 3.42. The Morgan fingerprint density at radius 1 is 0.963 bits per heavy atom. The lowest BCUT2D eigenvalue weighted by Gasteiger charge is -2.16. The van der Waals surface area contributed by atoms with Crippen molar-refractivity contribution in [2.75, 3.05) is 4.72 Å². The number of ether oxygens (including phenoxy) is 1. The molecule has 0 bridgehead atoms. The molecular formula is C14H7BrF7NO3S. The van der Waals surface area contributed by atoms with Gasteiger partial charge in [0.25, 0.3) is 10.0 Å². The molecule has 13 heteroatoms. The summed E-state index contributed by atoms with van der Waals surface area (Å²) in [6, 6.07) is 3.79. The van der Waals surface area contributed by atoms with E-state index >= 15 is 0 Å². The van der Waals surface area contributed by atoms with Gasteiger partial charge in [-0.3, -0.25) is 4.72 Å². The van der Waals surface area contributed by atoms with Crippen LogP contribution in [0.25, 0.3) is 0 Å². The largest absolute Gasteiger partial charge is 0.573 e. The van der Waals surface area contributed by atoms with Crippen molar-refractivity contribution in [3.8, 4) is 5.75 Å². The van der Waals surface area contributed by atoms with Crippen LogP contribution in [-0.4, -0.2) is 14.8 Å². The molecule has 0 aliphatic heterocycles. The second-order valence-corrected chi connectivity index (χ2v) is 7.50. The maximum absolute atomic E-state index is 13.3. The van der Waals surface area contributed by atoms with Gasteiger partial charge in [-0.15, -0.1) is 13.2 Å². The fraction of sp³-hybridized carbons (Fsp3) is 0.143. The van der Waals surface area contributed by atoms with E-state index in [0.717, 1.165) is 12.1 Å². The maximum Gasteiger partial charge on any atom is 0.573 e. The Morgan fingerprint density at radius 2 is 1.59 bits per heavy atom. The second kappa shape index (κ2) is 7.19. The van der Waals surface area contributed by atoms with E-state index in [4.69, 9.17) is 0 Å². The molecule has 1 N–H and O–H groups in total. The molecule has 0 aliphatic carbocycles. The molecule has 0 heterocycles. The van der Waals surface area contributed by atoms with Gasteiger partial charge < -0.3 is 4.74 Å². The first-order valence-corrected chi connectivity index (χ1v) is 8.91. The third-order valence-corrected chi connectivity index (χ3v) is 4.86. The van der Waals surface area contributed by atoms with E-state index in [1.54, 1.807) is 4.72 Å². The lowest BCUT2D eigenvalue weighted by atomic mass is 10.2. The molecule has 0 atom stereocenters. The lowest BCUT2D eigenvalue weighted by molar-refractivity contribution is -0.275. The summed E-state index contributed by atoms with van der Waals surface area (Å²) in [4.78, 5) is -0.985. The first kappa shape index (κ1) is 21.3. The molecule has 0 aliphatic rings. The van der Waals surface area contributed by atoms with Gasteiger partial charge in [0.1, 0.15) is 10.7 Å².